The molecule has 0 fully saturated rings. The van der Waals surface area contributed by atoms with Gasteiger partial charge in [0.15, 0.2) is 11.6 Å². The van der Waals surface area contributed by atoms with Crippen LogP contribution in [-0.2, 0) is 6.54 Å². The predicted molar refractivity (Wildman–Crippen MR) is 79.3 cm³/mol. The van der Waals surface area contributed by atoms with Crippen molar-refractivity contribution in [2.75, 3.05) is 16.8 Å². The van der Waals surface area contributed by atoms with Crippen molar-refractivity contribution in [3.8, 4) is 0 Å². The highest BCUT2D eigenvalue weighted by molar-refractivity contribution is 5.73. The van der Waals surface area contributed by atoms with Crippen molar-refractivity contribution in [2.45, 2.75) is 25.9 Å². The summed E-state index contributed by atoms with van der Waals surface area (Å²) in [7, 11) is 0. The largest absolute Gasteiger partial charge is 0.381 e. The second-order valence-corrected chi connectivity index (χ2v) is 5.22. The Labute approximate surface area is 122 Å². The molecule has 3 nitrogen and oxygen atoms in total. The van der Waals surface area contributed by atoms with Gasteiger partial charge >= 0.3 is 0 Å². The van der Waals surface area contributed by atoms with E-state index in [1.807, 2.05) is 12.1 Å². The Morgan fingerprint density at radius 3 is 2.86 bits per heavy atom. The van der Waals surface area contributed by atoms with Crippen molar-refractivity contribution in [2.24, 2.45) is 0 Å². The fourth-order valence-electron chi connectivity index (χ4n) is 2.72. The molecule has 1 aromatic heterocycles. The molecular weight excluding hydrogens is 272 g/mol. The van der Waals surface area contributed by atoms with Gasteiger partial charge in [-0.1, -0.05) is 13.0 Å². The third-order valence-electron chi connectivity index (χ3n) is 3.86. The van der Waals surface area contributed by atoms with E-state index in [1.54, 1.807) is 12.4 Å². The summed E-state index contributed by atoms with van der Waals surface area (Å²) < 4.78 is 27.0. The summed E-state index contributed by atoms with van der Waals surface area (Å²) in [4.78, 5) is 6.23. The molecule has 0 spiro atoms. The average molecular weight is 289 g/mol. The predicted octanol–water partition coefficient (Wildman–Crippen LogP) is 3.57. The molecule has 1 aromatic carbocycles. The lowest BCUT2D eigenvalue weighted by Crippen LogP contribution is -2.43. The summed E-state index contributed by atoms with van der Waals surface area (Å²) in [6.45, 7) is 3.44. The molecular formula is C16H17F2N3. The summed E-state index contributed by atoms with van der Waals surface area (Å²) in [6.07, 6.45) is 4.45. The van der Waals surface area contributed by atoms with Crippen molar-refractivity contribution >= 4 is 11.4 Å². The maximum absolute atomic E-state index is 13.6. The van der Waals surface area contributed by atoms with Gasteiger partial charge in [0, 0.05) is 43.7 Å². The number of benzene rings is 1. The molecule has 1 aliphatic rings. The molecule has 0 saturated heterocycles. The molecule has 0 radical (unpaired) electrons. The van der Waals surface area contributed by atoms with Gasteiger partial charge in [0.25, 0.3) is 0 Å². The molecule has 110 valence electrons. The number of hydrogen-bond donors (Lipinski definition) is 1. The zero-order valence-electron chi connectivity index (χ0n) is 11.8. The number of anilines is 2. The van der Waals surface area contributed by atoms with Gasteiger partial charge in [-0.3, -0.25) is 4.98 Å². The molecule has 1 atom stereocenters. The third kappa shape index (κ3) is 2.68. The first-order valence-electron chi connectivity index (χ1n) is 7.07. The third-order valence-corrected chi connectivity index (χ3v) is 3.86. The lowest BCUT2D eigenvalue weighted by Gasteiger charge is -2.39. The van der Waals surface area contributed by atoms with Gasteiger partial charge in [0.2, 0.25) is 0 Å². The minimum absolute atomic E-state index is 0.238. The van der Waals surface area contributed by atoms with Crippen molar-refractivity contribution in [3.05, 3.63) is 53.9 Å². The quantitative estimate of drug-likeness (QED) is 0.936. The standard InChI is InChI=1S/C16H17F2N3/c1-2-12-9-20-15-6-13(17)14(18)7-16(15)21(12)10-11-4-3-5-19-8-11/h3-8,12,20H,2,9-10H2,1H3. The minimum Gasteiger partial charge on any atom is -0.381 e. The van der Waals surface area contributed by atoms with Crippen molar-refractivity contribution in [1.82, 2.24) is 4.98 Å². The Morgan fingerprint density at radius 1 is 1.33 bits per heavy atom. The van der Waals surface area contributed by atoms with Gasteiger partial charge in [-0.15, -0.1) is 0 Å². The summed E-state index contributed by atoms with van der Waals surface area (Å²) in [5.74, 6) is -1.64. The summed E-state index contributed by atoms with van der Waals surface area (Å²) >= 11 is 0. The molecule has 0 amide bonds. The van der Waals surface area contributed by atoms with Crippen LogP contribution in [0, 0.1) is 11.6 Å². The number of hydrogen-bond acceptors (Lipinski definition) is 3. The molecule has 0 aliphatic carbocycles. The second kappa shape index (κ2) is 5.68. The maximum Gasteiger partial charge on any atom is 0.161 e. The Hall–Kier alpha value is -2.17. The SMILES string of the molecule is CCC1CNc2cc(F)c(F)cc2N1Cc1cccnc1. The number of nitrogens with zero attached hydrogens (tertiary/aromatic N) is 2. The van der Waals surface area contributed by atoms with Gasteiger partial charge in [0.05, 0.1) is 11.4 Å². The van der Waals surface area contributed by atoms with E-state index >= 15 is 0 Å². The van der Waals surface area contributed by atoms with E-state index < -0.39 is 11.6 Å². The number of nitrogens with one attached hydrogen (secondary N) is 1. The molecule has 5 heteroatoms. The zero-order chi connectivity index (χ0) is 14.8. The number of rotatable bonds is 3. The molecule has 3 rings (SSSR count). The van der Waals surface area contributed by atoms with Crippen LogP contribution < -0.4 is 10.2 Å². The lowest BCUT2D eigenvalue weighted by molar-refractivity contribution is 0.504. The molecule has 1 N–H and O–H groups in total. The molecule has 21 heavy (non-hydrogen) atoms. The van der Waals surface area contributed by atoms with Gasteiger partial charge in [0.1, 0.15) is 0 Å². The first-order valence-corrected chi connectivity index (χ1v) is 7.07. The topological polar surface area (TPSA) is 28.2 Å². The first-order chi connectivity index (χ1) is 10.2. The molecule has 0 bridgehead atoms. The van der Waals surface area contributed by atoms with E-state index in [1.165, 1.54) is 12.1 Å². The monoisotopic (exact) mass is 289 g/mol. The second-order valence-electron chi connectivity index (χ2n) is 5.22. The normalized spacial score (nSPS) is 17.3. The molecule has 1 unspecified atom stereocenters. The van der Waals surface area contributed by atoms with Crippen molar-refractivity contribution < 1.29 is 8.78 Å². The zero-order valence-corrected chi connectivity index (χ0v) is 11.8. The number of aromatic nitrogens is 1. The van der Waals surface area contributed by atoms with E-state index in [9.17, 15) is 8.78 Å². The van der Waals surface area contributed by atoms with Crippen LogP contribution in [0.4, 0.5) is 20.2 Å². The first kappa shape index (κ1) is 13.8. The van der Waals surface area contributed by atoms with Crippen molar-refractivity contribution in [3.63, 3.8) is 0 Å². The Bertz CT molecular complexity index is 631. The molecule has 2 aromatic rings. The van der Waals surface area contributed by atoms with Crippen LogP contribution >= 0.6 is 0 Å². The van der Waals surface area contributed by atoms with E-state index in [4.69, 9.17) is 0 Å². The summed E-state index contributed by atoms with van der Waals surface area (Å²) in [5.41, 5.74) is 2.40. The minimum atomic E-state index is -0.822. The number of pyridine rings is 1. The Morgan fingerprint density at radius 2 is 2.14 bits per heavy atom. The summed E-state index contributed by atoms with van der Waals surface area (Å²) in [5, 5.41) is 3.18. The van der Waals surface area contributed by atoms with Crippen LogP contribution in [0.1, 0.15) is 18.9 Å². The molecule has 0 saturated carbocycles. The highest BCUT2D eigenvalue weighted by atomic mass is 19.2. The van der Waals surface area contributed by atoms with Gasteiger partial charge in [-0.25, -0.2) is 8.78 Å². The average Bonchev–Trinajstić information content (AvgIpc) is 2.50. The van der Waals surface area contributed by atoms with E-state index in [0.29, 0.717) is 17.9 Å². The lowest BCUT2D eigenvalue weighted by atomic mass is 10.1. The fourth-order valence-corrected chi connectivity index (χ4v) is 2.72. The Balaban J connectivity index is 1.98. The number of halogens is 2. The van der Waals surface area contributed by atoms with Crippen LogP contribution in [0.3, 0.4) is 0 Å². The molecule has 2 heterocycles. The molecule has 1 aliphatic heterocycles. The van der Waals surface area contributed by atoms with E-state index in [2.05, 4.69) is 22.1 Å². The van der Waals surface area contributed by atoms with Crippen LogP contribution in [0.15, 0.2) is 36.7 Å². The maximum atomic E-state index is 13.6. The fraction of sp³-hybridized carbons (Fsp3) is 0.312. The van der Waals surface area contributed by atoms with Gasteiger partial charge in [-0.05, 0) is 18.1 Å². The highest BCUT2D eigenvalue weighted by Gasteiger charge is 2.26. The van der Waals surface area contributed by atoms with Crippen LogP contribution in [-0.4, -0.2) is 17.6 Å². The van der Waals surface area contributed by atoms with E-state index in [-0.39, 0.29) is 6.04 Å². The highest BCUT2D eigenvalue weighted by Crippen LogP contribution is 2.35. The van der Waals surface area contributed by atoms with E-state index in [0.717, 1.165) is 18.5 Å². The summed E-state index contributed by atoms with van der Waals surface area (Å²) in [6, 6.07) is 6.61. The Kier molecular flexibility index (Phi) is 3.73. The number of fused-ring (bicyclic) bond motifs is 1. The van der Waals surface area contributed by atoms with Gasteiger partial charge in [-0.2, -0.15) is 0 Å². The smallest absolute Gasteiger partial charge is 0.161 e. The van der Waals surface area contributed by atoms with Crippen molar-refractivity contribution in [1.29, 1.82) is 0 Å². The van der Waals surface area contributed by atoms with Crippen LogP contribution in [0.2, 0.25) is 0 Å². The van der Waals surface area contributed by atoms with Crippen LogP contribution in [0.25, 0.3) is 0 Å². The van der Waals surface area contributed by atoms with Crippen LogP contribution in [0.5, 0.6) is 0 Å². The van der Waals surface area contributed by atoms with Gasteiger partial charge < -0.3 is 10.2 Å².